The number of furan rings is 1. The summed E-state index contributed by atoms with van der Waals surface area (Å²) in [5.74, 6) is -0.277. The summed E-state index contributed by atoms with van der Waals surface area (Å²) >= 11 is 3.07. The third-order valence-corrected chi connectivity index (χ3v) is 2.84. The number of carbonyl (C=O) groups is 2. The van der Waals surface area contributed by atoms with E-state index < -0.39 is 5.97 Å². The highest BCUT2D eigenvalue weighted by atomic mass is 79.9. The molecule has 1 aromatic heterocycles. The van der Waals surface area contributed by atoms with Crippen molar-refractivity contribution in [3.05, 3.63) is 35.6 Å². The minimum absolute atomic E-state index is 0.138. The van der Waals surface area contributed by atoms with Crippen LogP contribution in [0.2, 0.25) is 0 Å². The normalized spacial score (nSPS) is 10.5. The summed E-state index contributed by atoms with van der Waals surface area (Å²) in [6, 6.07) is 6.49. The molecule has 17 heavy (non-hydrogen) atoms. The Bertz CT molecular complexity index is 571. The van der Waals surface area contributed by atoms with Crippen molar-refractivity contribution in [1.29, 1.82) is 0 Å². The van der Waals surface area contributed by atoms with Gasteiger partial charge in [-0.3, -0.25) is 4.79 Å². The summed E-state index contributed by atoms with van der Waals surface area (Å²) in [7, 11) is 1.32. The molecule has 0 aliphatic heterocycles. The van der Waals surface area contributed by atoms with Crippen molar-refractivity contribution in [2.75, 3.05) is 12.4 Å². The number of hydrogen-bond donors (Lipinski definition) is 0. The number of Topliss-reactive ketones (excluding diaryl/α,β-unsaturated/α-hetero) is 1. The van der Waals surface area contributed by atoms with E-state index >= 15 is 0 Å². The maximum Gasteiger partial charge on any atom is 0.337 e. The average molecular weight is 297 g/mol. The second kappa shape index (κ2) is 4.71. The van der Waals surface area contributed by atoms with Crippen LogP contribution in [0.3, 0.4) is 0 Å². The van der Waals surface area contributed by atoms with E-state index in [-0.39, 0.29) is 16.9 Å². The van der Waals surface area contributed by atoms with Crippen LogP contribution >= 0.6 is 15.9 Å². The summed E-state index contributed by atoms with van der Waals surface area (Å²) < 4.78 is 9.97. The van der Waals surface area contributed by atoms with Gasteiger partial charge in [-0.2, -0.15) is 0 Å². The van der Waals surface area contributed by atoms with Gasteiger partial charge in [0.15, 0.2) is 5.76 Å². The molecule has 1 aromatic carbocycles. The van der Waals surface area contributed by atoms with E-state index in [1.807, 2.05) is 0 Å². The van der Waals surface area contributed by atoms with Gasteiger partial charge in [0.2, 0.25) is 5.78 Å². The molecule has 0 unspecified atom stereocenters. The van der Waals surface area contributed by atoms with Crippen molar-refractivity contribution in [3.63, 3.8) is 0 Å². The van der Waals surface area contributed by atoms with Gasteiger partial charge in [0.05, 0.1) is 18.0 Å². The van der Waals surface area contributed by atoms with Crippen molar-refractivity contribution in [2.45, 2.75) is 0 Å². The number of benzene rings is 1. The van der Waals surface area contributed by atoms with E-state index in [4.69, 9.17) is 4.42 Å². The highest BCUT2D eigenvalue weighted by Gasteiger charge is 2.13. The highest BCUT2D eigenvalue weighted by molar-refractivity contribution is 9.09. The predicted octanol–water partition coefficient (Wildman–Crippen LogP) is 2.80. The number of ether oxygens (including phenoxy) is 1. The topological polar surface area (TPSA) is 56.5 Å². The average Bonchev–Trinajstić information content (AvgIpc) is 2.79. The standard InChI is InChI=1S/C12H9BrO4/c1-16-12(15)7-2-3-10-8(4-7)5-11(17-10)9(14)6-13/h2-5H,6H2,1H3. The fourth-order valence-corrected chi connectivity index (χ4v) is 1.77. The van der Waals surface area contributed by atoms with Crippen molar-refractivity contribution in [1.82, 2.24) is 0 Å². The first-order chi connectivity index (χ1) is 8.15. The van der Waals surface area contributed by atoms with Crippen LogP contribution < -0.4 is 0 Å². The van der Waals surface area contributed by atoms with Gasteiger partial charge in [-0.1, -0.05) is 15.9 Å². The Morgan fingerprint density at radius 1 is 1.35 bits per heavy atom. The van der Waals surface area contributed by atoms with Gasteiger partial charge in [0.1, 0.15) is 5.58 Å². The summed E-state index contributed by atoms with van der Waals surface area (Å²) in [6.45, 7) is 0. The number of fused-ring (bicyclic) bond motifs is 1. The third kappa shape index (κ3) is 2.24. The minimum atomic E-state index is -0.415. The fraction of sp³-hybridized carbons (Fsp3) is 0.167. The van der Waals surface area contributed by atoms with Crippen LogP contribution in [0.5, 0.6) is 0 Å². The molecule has 0 amide bonds. The molecule has 0 aliphatic carbocycles. The van der Waals surface area contributed by atoms with E-state index in [1.54, 1.807) is 24.3 Å². The lowest BCUT2D eigenvalue weighted by Crippen LogP contribution is -1.99. The molecule has 0 N–H and O–H groups in total. The molecule has 1 heterocycles. The van der Waals surface area contributed by atoms with Crippen molar-refractivity contribution >= 4 is 38.7 Å². The van der Waals surface area contributed by atoms with Gasteiger partial charge in [-0.25, -0.2) is 4.79 Å². The van der Waals surface area contributed by atoms with Crippen LogP contribution in [-0.4, -0.2) is 24.2 Å². The zero-order valence-corrected chi connectivity index (χ0v) is 10.6. The smallest absolute Gasteiger partial charge is 0.337 e. The molecule has 88 valence electrons. The molecule has 2 aromatic rings. The second-order valence-corrected chi connectivity index (χ2v) is 3.97. The molecule has 5 heteroatoms. The van der Waals surface area contributed by atoms with E-state index in [0.717, 1.165) is 0 Å². The quantitative estimate of drug-likeness (QED) is 0.496. The largest absolute Gasteiger partial charge is 0.465 e. The molecule has 0 fully saturated rings. The van der Waals surface area contributed by atoms with Gasteiger partial charge in [-0.15, -0.1) is 0 Å². The molecule has 4 nitrogen and oxygen atoms in total. The first-order valence-corrected chi connectivity index (χ1v) is 5.99. The molecule has 0 saturated heterocycles. The lowest BCUT2D eigenvalue weighted by atomic mass is 10.1. The molecular weight excluding hydrogens is 288 g/mol. The van der Waals surface area contributed by atoms with E-state index in [2.05, 4.69) is 20.7 Å². The van der Waals surface area contributed by atoms with Crippen molar-refractivity contribution in [3.8, 4) is 0 Å². The summed E-state index contributed by atoms with van der Waals surface area (Å²) in [5.41, 5.74) is 1.00. The van der Waals surface area contributed by atoms with Gasteiger partial charge >= 0.3 is 5.97 Å². The Balaban J connectivity index is 2.48. The third-order valence-electron chi connectivity index (χ3n) is 2.33. The maximum atomic E-state index is 11.4. The first kappa shape index (κ1) is 11.9. The monoisotopic (exact) mass is 296 g/mol. The predicted molar refractivity (Wildman–Crippen MR) is 65.7 cm³/mol. The summed E-state index contributed by atoms with van der Waals surface area (Å²) in [6.07, 6.45) is 0. The van der Waals surface area contributed by atoms with Crippen LogP contribution in [0.15, 0.2) is 28.7 Å². The number of alkyl halides is 1. The van der Waals surface area contributed by atoms with E-state index in [9.17, 15) is 9.59 Å². The zero-order chi connectivity index (χ0) is 12.4. The molecule has 0 radical (unpaired) electrons. The van der Waals surface area contributed by atoms with Gasteiger partial charge in [0, 0.05) is 5.39 Å². The number of esters is 1. The van der Waals surface area contributed by atoms with Crippen molar-refractivity contribution in [2.24, 2.45) is 0 Å². The Hall–Kier alpha value is -1.62. The van der Waals surface area contributed by atoms with E-state index in [1.165, 1.54) is 7.11 Å². The zero-order valence-electron chi connectivity index (χ0n) is 9.03. The number of hydrogen-bond acceptors (Lipinski definition) is 4. The molecule has 0 spiro atoms. The number of rotatable bonds is 3. The summed E-state index contributed by atoms with van der Waals surface area (Å²) in [5, 5.41) is 0.911. The van der Waals surface area contributed by atoms with Crippen LogP contribution in [0.4, 0.5) is 0 Å². The maximum absolute atomic E-state index is 11.4. The number of ketones is 1. The number of carbonyl (C=O) groups excluding carboxylic acids is 2. The molecule has 2 rings (SSSR count). The highest BCUT2D eigenvalue weighted by Crippen LogP contribution is 2.21. The molecule has 0 aliphatic rings. The summed E-state index contributed by atoms with van der Waals surface area (Å²) in [4.78, 5) is 22.8. The fourth-order valence-electron chi connectivity index (χ4n) is 1.49. The first-order valence-electron chi connectivity index (χ1n) is 4.87. The van der Waals surface area contributed by atoms with E-state index in [0.29, 0.717) is 16.5 Å². The van der Waals surface area contributed by atoms with Crippen LogP contribution in [0, 0.1) is 0 Å². The Kier molecular flexibility index (Phi) is 3.28. The lowest BCUT2D eigenvalue weighted by molar-refractivity contribution is 0.0601. The molecular formula is C12H9BrO4. The van der Waals surface area contributed by atoms with Crippen LogP contribution in [0.25, 0.3) is 11.0 Å². The minimum Gasteiger partial charge on any atom is -0.465 e. The van der Waals surface area contributed by atoms with Gasteiger partial charge in [0.25, 0.3) is 0 Å². The lowest BCUT2D eigenvalue weighted by Gasteiger charge is -1.97. The molecule has 0 bridgehead atoms. The SMILES string of the molecule is COC(=O)c1ccc2oc(C(=O)CBr)cc2c1. The molecule has 0 saturated carbocycles. The Labute approximate surface area is 106 Å². The number of methoxy groups -OCH3 is 1. The molecule has 0 atom stereocenters. The van der Waals surface area contributed by atoms with Crippen LogP contribution in [0.1, 0.15) is 20.9 Å². The second-order valence-electron chi connectivity index (χ2n) is 3.41. The number of halogens is 1. The van der Waals surface area contributed by atoms with Gasteiger partial charge < -0.3 is 9.15 Å². The van der Waals surface area contributed by atoms with Gasteiger partial charge in [-0.05, 0) is 24.3 Å². The Morgan fingerprint density at radius 3 is 2.76 bits per heavy atom. The van der Waals surface area contributed by atoms with Crippen molar-refractivity contribution < 1.29 is 18.7 Å². The van der Waals surface area contributed by atoms with Crippen LogP contribution in [-0.2, 0) is 4.74 Å². The Morgan fingerprint density at radius 2 is 2.12 bits per heavy atom.